The van der Waals surface area contributed by atoms with Crippen LogP contribution in [-0.2, 0) is 0 Å². The molecule has 3 unspecified atom stereocenters. The van der Waals surface area contributed by atoms with Crippen molar-refractivity contribution in [3.8, 4) is 0 Å². The van der Waals surface area contributed by atoms with Crippen molar-refractivity contribution < 1.29 is 5.11 Å². The molecule has 1 nitrogen and oxygen atoms in total. The van der Waals surface area contributed by atoms with E-state index in [1.807, 2.05) is 18.2 Å². The van der Waals surface area contributed by atoms with E-state index in [-0.39, 0.29) is 0 Å². The SMILES string of the molecule is CC1CC(C)CC(C(O)c2cccc(Br)c2Cl)C1. The highest BCUT2D eigenvalue weighted by Gasteiger charge is 2.30. The molecular formula is C15H20BrClO. The number of halogens is 2. The number of aliphatic hydroxyl groups excluding tert-OH is 1. The first-order valence-corrected chi connectivity index (χ1v) is 7.78. The minimum atomic E-state index is -0.444. The number of rotatable bonds is 2. The molecule has 0 radical (unpaired) electrons. The molecule has 1 aliphatic rings. The summed E-state index contributed by atoms with van der Waals surface area (Å²) in [6.45, 7) is 4.55. The summed E-state index contributed by atoms with van der Waals surface area (Å²) in [5.41, 5.74) is 0.859. The smallest absolute Gasteiger partial charge is 0.0833 e. The monoisotopic (exact) mass is 330 g/mol. The van der Waals surface area contributed by atoms with Crippen molar-refractivity contribution in [2.75, 3.05) is 0 Å². The van der Waals surface area contributed by atoms with Crippen molar-refractivity contribution in [1.29, 1.82) is 0 Å². The topological polar surface area (TPSA) is 20.2 Å². The summed E-state index contributed by atoms with van der Waals surface area (Å²) >= 11 is 9.69. The molecule has 100 valence electrons. The van der Waals surface area contributed by atoms with Crippen LogP contribution in [0.25, 0.3) is 0 Å². The Hall–Kier alpha value is -0.0500. The van der Waals surface area contributed by atoms with Gasteiger partial charge in [0.1, 0.15) is 0 Å². The van der Waals surface area contributed by atoms with Gasteiger partial charge in [-0.05, 0) is 59.0 Å². The van der Waals surface area contributed by atoms with Gasteiger partial charge in [0.25, 0.3) is 0 Å². The molecule has 0 spiro atoms. The molecule has 0 bridgehead atoms. The molecule has 3 atom stereocenters. The zero-order chi connectivity index (χ0) is 13.3. The molecule has 0 saturated heterocycles. The molecule has 1 saturated carbocycles. The van der Waals surface area contributed by atoms with Gasteiger partial charge >= 0.3 is 0 Å². The van der Waals surface area contributed by atoms with Crippen molar-refractivity contribution in [1.82, 2.24) is 0 Å². The Bertz CT molecular complexity index is 411. The van der Waals surface area contributed by atoms with Crippen LogP contribution in [0.1, 0.15) is 44.8 Å². The average molecular weight is 332 g/mol. The van der Waals surface area contributed by atoms with Crippen molar-refractivity contribution in [3.05, 3.63) is 33.3 Å². The van der Waals surface area contributed by atoms with E-state index in [1.165, 1.54) is 6.42 Å². The quantitative estimate of drug-likeness (QED) is 0.789. The van der Waals surface area contributed by atoms with Crippen LogP contribution >= 0.6 is 27.5 Å². The lowest BCUT2D eigenvalue weighted by molar-refractivity contribution is 0.0552. The molecule has 0 aliphatic heterocycles. The molecule has 1 aromatic carbocycles. The zero-order valence-electron chi connectivity index (χ0n) is 10.9. The first kappa shape index (κ1) is 14.4. The molecule has 3 heteroatoms. The maximum Gasteiger partial charge on any atom is 0.0833 e. The summed E-state index contributed by atoms with van der Waals surface area (Å²) in [7, 11) is 0. The lowest BCUT2D eigenvalue weighted by Crippen LogP contribution is -2.24. The van der Waals surface area contributed by atoms with E-state index < -0.39 is 6.10 Å². The van der Waals surface area contributed by atoms with Crippen LogP contribution in [0.15, 0.2) is 22.7 Å². The highest BCUT2D eigenvalue weighted by Crippen LogP contribution is 2.42. The predicted octanol–water partition coefficient (Wildman–Crippen LogP) is 5.21. The second-order valence-corrected chi connectivity index (χ2v) is 7.00. The summed E-state index contributed by atoms with van der Waals surface area (Å²) < 4.78 is 0.859. The number of aliphatic hydroxyl groups is 1. The maximum absolute atomic E-state index is 10.6. The van der Waals surface area contributed by atoms with Crippen LogP contribution in [0.3, 0.4) is 0 Å². The van der Waals surface area contributed by atoms with E-state index in [0.29, 0.717) is 22.8 Å². The molecular weight excluding hydrogens is 312 g/mol. The van der Waals surface area contributed by atoms with E-state index >= 15 is 0 Å². The fourth-order valence-electron chi connectivity index (χ4n) is 3.27. The summed E-state index contributed by atoms with van der Waals surface area (Å²) in [5.74, 6) is 1.72. The molecule has 2 rings (SSSR count). The molecule has 1 N–H and O–H groups in total. The third-order valence-electron chi connectivity index (χ3n) is 3.96. The summed E-state index contributed by atoms with van der Waals surface area (Å²) in [6.07, 6.45) is 3.01. The Balaban J connectivity index is 2.20. The van der Waals surface area contributed by atoms with Crippen LogP contribution in [0, 0.1) is 17.8 Å². The van der Waals surface area contributed by atoms with Crippen molar-refractivity contribution in [2.24, 2.45) is 17.8 Å². The third kappa shape index (κ3) is 3.09. The number of benzene rings is 1. The van der Waals surface area contributed by atoms with Gasteiger partial charge in [0.15, 0.2) is 0 Å². The summed E-state index contributed by atoms with van der Waals surface area (Å²) in [4.78, 5) is 0. The lowest BCUT2D eigenvalue weighted by Gasteiger charge is -2.34. The van der Waals surface area contributed by atoms with Crippen molar-refractivity contribution in [3.63, 3.8) is 0 Å². The minimum absolute atomic E-state index is 0.329. The summed E-state index contributed by atoms with van der Waals surface area (Å²) in [6, 6.07) is 5.77. The molecule has 0 amide bonds. The molecule has 0 heterocycles. The van der Waals surface area contributed by atoms with Gasteiger partial charge in [-0.1, -0.05) is 37.6 Å². The van der Waals surface area contributed by atoms with Crippen LogP contribution in [0.4, 0.5) is 0 Å². The van der Waals surface area contributed by atoms with E-state index in [9.17, 15) is 5.11 Å². The van der Waals surface area contributed by atoms with Gasteiger partial charge in [-0.15, -0.1) is 0 Å². The second kappa shape index (κ2) is 5.94. The molecule has 18 heavy (non-hydrogen) atoms. The van der Waals surface area contributed by atoms with Gasteiger partial charge in [-0.3, -0.25) is 0 Å². The van der Waals surface area contributed by atoms with E-state index in [0.717, 1.165) is 22.9 Å². The average Bonchev–Trinajstić information content (AvgIpc) is 2.30. The second-order valence-electron chi connectivity index (χ2n) is 5.77. The lowest BCUT2D eigenvalue weighted by atomic mass is 9.73. The standard InChI is InChI=1S/C15H20BrClO/c1-9-6-10(2)8-11(7-9)15(18)12-4-3-5-13(16)14(12)17/h3-5,9-11,15,18H,6-8H2,1-2H3. The normalized spacial score (nSPS) is 30.2. The van der Waals surface area contributed by atoms with Gasteiger partial charge in [0.05, 0.1) is 11.1 Å². The van der Waals surface area contributed by atoms with Gasteiger partial charge in [0, 0.05) is 10.0 Å². The van der Waals surface area contributed by atoms with Crippen LogP contribution < -0.4 is 0 Å². The maximum atomic E-state index is 10.6. The largest absolute Gasteiger partial charge is 0.388 e. The fourth-order valence-corrected chi connectivity index (χ4v) is 3.89. The molecule has 1 aromatic rings. The number of hydrogen-bond acceptors (Lipinski definition) is 1. The third-order valence-corrected chi connectivity index (χ3v) is 5.27. The highest BCUT2D eigenvalue weighted by molar-refractivity contribution is 9.10. The van der Waals surface area contributed by atoms with Crippen LogP contribution in [0.2, 0.25) is 5.02 Å². The molecule has 0 aromatic heterocycles. The van der Waals surface area contributed by atoms with Gasteiger partial charge in [-0.2, -0.15) is 0 Å². The van der Waals surface area contributed by atoms with Crippen molar-refractivity contribution >= 4 is 27.5 Å². The molecule has 1 aliphatic carbocycles. The highest BCUT2D eigenvalue weighted by atomic mass is 79.9. The predicted molar refractivity (Wildman–Crippen MR) is 79.8 cm³/mol. The Morgan fingerprint density at radius 1 is 1.22 bits per heavy atom. The van der Waals surface area contributed by atoms with Gasteiger partial charge < -0.3 is 5.11 Å². The fraction of sp³-hybridized carbons (Fsp3) is 0.600. The first-order chi connectivity index (χ1) is 8.49. The molecule has 1 fully saturated rings. The Labute approximate surface area is 123 Å². The van der Waals surface area contributed by atoms with Gasteiger partial charge in [0.2, 0.25) is 0 Å². The van der Waals surface area contributed by atoms with E-state index in [4.69, 9.17) is 11.6 Å². The van der Waals surface area contributed by atoms with Crippen LogP contribution in [0.5, 0.6) is 0 Å². The van der Waals surface area contributed by atoms with Crippen molar-refractivity contribution in [2.45, 2.75) is 39.2 Å². The zero-order valence-corrected chi connectivity index (χ0v) is 13.2. The minimum Gasteiger partial charge on any atom is -0.388 e. The Morgan fingerprint density at radius 2 is 1.83 bits per heavy atom. The summed E-state index contributed by atoms with van der Waals surface area (Å²) in [5, 5.41) is 11.2. The van der Waals surface area contributed by atoms with Crippen LogP contribution in [-0.4, -0.2) is 5.11 Å². The number of hydrogen-bond donors (Lipinski definition) is 1. The Morgan fingerprint density at radius 3 is 2.44 bits per heavy atom. The Kier molecular flexibility index (Phi) is 4.74. The van der Waals surface area contributed by atoms with E-state index in [2.05, 4.69) is 29.8 Å². The van der Waals surface area contributed by atoms with Gasteiger partial charge in [-0.25, -0.2) is 0 Å². The van der Waals surface area contributed by atoms with E-state index in [1.54, 1.807) is 0 Å². The first-order valence-electron chi connectivity index (χ1n) is 6.61.